The van der Waals surface area contributed by atoms with Crippen LogP contribution in [0.1, 0.15) is 19.4 Å². The molecule has 94 valence electrons. The van der Waals surface area contributed by atoms with Gasteiger partial charge in [-0.1, -0.05) is 31.9 Å². The number of nitrogens with two attached hydrogens (primary N) is 1. The van der Waals surface area contributed by atoms with Crippen LogP contribution in [0.3, 0.4) is 0 Å². The van der Waals surface area contributed by atoms with Gasteiger partial charge in [-0.15, -0.1) is 6.42 Å². The number of anilines is 1. The molecule has 1 amide bonds. The van der Waals surface area contributed by atoms with Crippen LogP contribution in [0, 0.1) is 18.3 Å². The molecule has 1 unspecified atom stereocenters. The molecule has 3 N–H and O–H groups in total. The zero-order valence-corrected chi connectivity index (χ0v) is 10.7. The van der Waals surface area contributed by atoms with E-state index in [1.54, 1.807) is 18.2 Å². The highest BCUT2D eigenvalue weighted by Crippen LogP contribution is 2.08. The van der Waals surface area contributed by atoms with E-state index in [1.807, 2.05) is 26.0 Å². The van der Waals surface area contributed by atoms with Crippen LogP contribution >= 0.6 is 0 Å². The minimum absolute atomic E-state index is 0.200. The molecule has 0 saturated carbocycles. The summed E-state index contributed by atoms with van der Waals surface area (Å²) in [4.78, 5) is 11.7. The molecule has 0 aliphatic heterocycles. The van der Waals surface area contributed by atoms with Gasteiger partial charge in [0.25, 0.3) is 0 Å². The van der Waals surface area contributed by atoms with Crippen LogP contribution in [-0.4, -0.2) is 11.9 Å². The number of carbonyl (C=O) groups excluding carboxylic acids is 1. The molecule has 0 radical (unpaired) electrons. The second kappa shape index (κ2) is 6.51. The van der Waals surface area contributed by atoms with Crippen molar-refractivity contribution in [3.8, 4) is 12.3 Å². The summed E-state index contributed by atoms with van der Waals surface area (Å²) in [5.74, 6) is 2.56. The number of rotatable bonds is 4. The number of amides is 1. The predicted molar refractivity (Wildman–Crippen MR) is 75.5 cm³/mol. The second-order valence-corrected chi connectivity index (χ2v) is 4.40. The predicted octanol–water partition coefficient (Wildman–Crippen LogP) is 2.06. The van der Waals surface area contributed by atoms with Crippen molar-refractivity contribution in [1.29, 1.82) is 0 Å². The number of benzene rings is 1. The minimum atomic E-state index is -0.247. The van der Waals surface area contributed by atoms with E-state index in [4.69, 9.17) is 12.2 Å². The minimum Gasteiger partial charge on any atom is -0.399 e. The lowest BCUT2D eigenvalue weighted by Crippen LogP contribution is -2.36. The van der Waals surface area contributed by atoms with Gasteiger partial charge in [-0.3, -0.25) is 4.79 Å². The first-order chi connectivity index (χ1) is 8.52. The summed E-state index contributed by atoms with van der Waals surface area (Å²) in [5.41, 5.74) is 7.20. The highest BCUT2D eigenvalue weighted by atomic mass is 16.1. The number of terminal acetylenes is 1. The summed E-state index contributed by atoms with van der Waals surface area (Å²) < 4.78 is 0. The molecule has 0 aliphatic rings. The fourth-order valence-corrected chi connectivity index (χ4v) is 1.44. The van der Waals surface area contributed by atoms with E-state index in [1.165, 1.54) is 6.08 Å². The molecule has 0 spiro atoms. The molecule has 0 aliphatic carbocycles. The van der Waals surface area contributed by atoms with Crippen molar-refractivity contribution in [2.75, 3.05) is 5.73 Å². The standard InChI is InChI=1S/C15H18N2O/c1-4-14(11(2)3)17-15(18)9-8-12-6-5-7-13(16)10-12/h1,5-11,14H,16H2,2-3H3,(H,17,18)/b9-8+. The SMILES string of the molecule is C#CC(NC(=O)/C=C/c1cccc(N)c1)C(C)C. The summed E-state index contributed by atoms with van der Waals surface area (Å²) in [6, 6.07) is 7.06. The van der Waals surface area contributed by atoms with E-state index in [0.717, 1.165) is 5.56 Å². The van der Waals surface area contributed by atoms with Crippen molar-refractivity contribution in [3.63, 3.8) is 0 Å². The molecular weight excluding hydrogens is 224 g/mol. The number of nitrogens with one attached hydrogen (secondary N) is 1. The Labute approximate surface area is 108 Å². The lowest BCUT2D eigenvalue weighted by Gasteiger charge is -2.14. The fraction of sp³-hybridized carbons (Fsp3) is 0.267. The van der Waals surface area contributed by atoms with E-state index in [-0.39, 0.29) is 17.9 Å². The van der Waals surface area contributed by atoms with Gasteiger partial charge in [-0.2, -0.15) is 0 Å². The zero-order valence-electron chi connectivity index (χ0n) is 10.7. The lowest BCUT2D eigenvalue weighted by molar-refractivity contribution is -0.117. The number of hydrogen-bond donors (Lipinski definition) is 2. The summed E-state index contributed by atoms with van der Waals surface area (Å²) in [6.07, 6.45) is 8.51. The first-order valence-corrected chi connectivity index (χ1v) is 5.83. The van der Waals surface area contributed by atoms with E-state index in [0.29, 0.717) is 5.69 Å². The molecule has 1 atom stereocenters. The highest BCUT2D eigenvalue weighted by Gasteiger charge is 2.10. The van der Waals surface area contributed by atoms with Gasteiger partial charge in [-0.05, 0) is 29.7 Å². The molecule has 1 aromatic carbocycles. The maximum Gasteiger partial charge on any atom is 0.244 e. The van der Waals surface area contributed by atoms with Gasteiger partial charge >= 0.3 is 0 Å². The van der Waals surface area contributed by atoms with Crippen molar-refractivity contribution in [2.24, 2.45) is 5.92 Å². The van der Waals surface area contributed by atoms with Crippen LogP contribution in [0.5, 0.6) is 0 Å². The third-order valence-corrected chi connectivity index (χ3v) is 2.48. The van der Waals surface area contributed by atoms with Crippen LogP contribution in [-0.2, 0) is 4.79 Å². The fourth-order valence-electron chi connectivity index (χ4n) is 1.44. The molecule has 0 aromatic heterocycles. The van der Waals surface area contributed by atoms with Crippen molar-refractivity contribution in [2.45, 2.75) is 19.9 Å². The Kier molecular flexibility index (Phi) is 5.01. The first kappa shape index (κ1) is 13.9. The van der Waals surface area contributed by atoms with Gasteiger partial charge in [0.1, 0.15) is 0 Å². The second-order valence-electron chi connectivity index (χ2n) is 4.40. The van der Waals surface area contributed by atoms with Crippen molar-refractivity contribution in [1.82, 2.24) is 5.32 Å². The Balaban J connectivity index is 2.63. The Hall–Kier alpha value is -2.21. The Morgan fingerprint density at radius 2 is 2.22 bits per heavy atom. The van der Waals surface area contributed by atoms with E-state index < -0.39 is 0 Å². The first-order valence-electron chi connectivity index (χ1n) is 5.83. The maximum absolute atomic E-state index is 11.7. The van der Waals surface area contributed by atoms with E-state index in [2.05, 4.69) is 11.2 Å². The average Bonchev–Trinajstić information content (AvgIpc) is 2.33. The number of hydrogen-bond acceptors (Lipinski definition) is 2. The van der Waals surface area contributed by atoms with Gasteiger partial charge in [0.05, 0.1) is 6.04 Å². The molecule has 0 saturated heterocycles. The summed E-state index contributed by atoms with van der Waals surface area (Å²) >= 11 is 0. The van der Waals surface area contributed by atoms with E-state index in [9.17, 15) is 4.79 Å². The number of carbonyl (C=O) groups is 1. The smallest absolute Gasteiger partial charge is 0.244 e. The molecule has 3 heteroatoms. The van der Waals surface area contributed by atoms with Gasteiger partial charge in [0.15, 0.2) is 0 Å². The Bertz CT molecular complexity index is 484. The van der Waals surface area contributed by atoms with Gasteiger partial charge in [-0.25, -0.2) is 0 Å². The molecule has 1 rings (SSSR count). The third kappa shape index (κ3) is 4.34. The molecule has 1 aromatic rings. The normalized spacial score (nSPS) is 12.3. The molecular formula is C15H18N2O. The highest BCUT2D eigenvalue weighted by molar-refractivity contribution is 5.92. The van der Waals surface area contributed by atoms with Crippen LogP contribution in [0.15, 0.2) is 30.3 Å². The van der Waals surface area contributed by atoms with Crippen LogP contribution in [0.2, 0.25) is 0 Å². The maximum atomic E-state index is 11.7. The zero-order chi connectivity index (χ0) is 13.5. The molecule has 18 heavy (non-hydrogen) atoms. The Morgan fingerprint density at radius 3 is 2.78 bits per heavy atom. The van der Waals surface area contributed by atoms with Gasteiger partial charge in [0, 0.05) is 11.8 Å². The summed E-state index contributed by atoms with van der Waals surface area (Å²) in [7, 11) is 0. The molecule has 0 heterocycles. The summed E-state index contributed by atoms with van der Waals surface area (Å²) in [5, 5.41) is 2.76. The van der Waals surface area contributed by atoms with Crippen molar-refractivity contribution >= 4 is 17.7 Å². The Morgan fingerprint density at radius 1 is 1.50 bits per heavy atom. The van der Waals surface area contributed by atoms with Crippen LogP contribution in [0.25, 0.3) is 6.08 Å². The summed E-state index contributed by atoms with van der Waals surface area (Å²) in [6.45, 7) is 3.93. The average molecular weight is 242 g/mol. The topological polar surface area (TPSA) is 55.1 Å². The third-order valence-electron chi connectivity index (χ3n) is 2.48. The largest absolute Gasteiger partial charge is 0.399 e. The van der Waals surface area contributed by atoms with Crippen LogP contribution < -0.4 is 11.1 Å². The van der Waals surface area contributed by atoms with Crippen molar-refractivity contribution in [3.05, 3.63) is 35.9 Å². The van der Waals surface area contributed by atoms with Crippen LogP contribution in [0.4, 0.5) is 5.69 Å². The van der Waals surface area contributed by atoms with Crippen molar-refractivity contribution < 1.29 is 4.79 Å². The van der Waals surface area contributed by atoms with Gasteiger partial charge < -0.3 is 11.1 Å². The molecule has 0 fully saturated rings. The molecule has 0 bridgehead atoms. The molecule has 3 nitrogen and oxygen atoms in total. The number of nitrogen functional groups attached to an aromatic ring is 1. The van der Waals surface area contributed by atoms with E-state index >= 15 is 0 Å². The monoisotopic (exact) mass is 242 g/mol. The lowest BCUT2D eigenvalue weighted by atomic mass is 10.1. The quantitative estimate of drug-likeness (QED) is 0.482. The van der Waals surface area contributed by atoms with Gasteiger partial charge in [0.2, 0.25) is 5.91 Å².